The van der Waals surface area contributed by atoms with Gasteiger partial charge in [-0.05, 0) is 18.2 Å². The average Bonchev–Trinajstić information content (AvgIpc) is 2.62. The predicted molar refractivity (Wildman–Crippen MR) is 91.8 cm³/mol. The molecule has 2 aliphatic rings. The van der Waals surface area contributed by atoms with E-state index in [0.29, 0.717) is 31.9 Å². The van der Waals surface area contributed by atoms with E-state index in [0.717, 1.165) is 6.54 Å². The van der Waals surface area contributed by atoms with Crippen molar-refractivity contribution in [1.29, 1.82) is 0 Å². The number of hydrogen-bond acceptors (Lipinski definition) is 5. The van der Waals surface area contributed by atoms with Gasteiger partial charge in [0.25, 0.3) is 0 Å². The summed E-state index contributed by atoms with van der Waals surface area (Å²) in [6.07, 6.45) is 0. The molecule has 1 aromatic rings. The topological polar surface area (TPSA) is 91.0 Å². The van der Waals surface area contributed by atoms with Crippen molar-refractivity contribution in [2.45, 2.75) is 6.04 Å². The lowest BCUT2D eigenvalue weighted by atomic mass is 10.1. The molecule has 2 heterocycles. The molecule has 134 valence electrons. The van der Waals surface area contributed by atoms with Gasteiger partial charge < -0.3 is 20.3 Å². The summed E-state index contributed by atoms with van der Waals surface area (Å²) >= 11 is 5.97. The van der Waals surface area contributed by atoms with Gasteiger partial charge in [0.2, 0.25) is 5.91 Å². The van der Waals surface area contributed by atoms with Crippen LogP contribution in [0.15, 0.2) is 18.2 Å². The number of carbonyl (C=O) groups is 3. The molecule has 25 heavy (non-hydrogen) atoms. The fraction of sp³-hybridized carbons (Fsp3) is 0.438. The van der Waals surface area contributed by atoms with Gasteiger partial charge in [-0.2, -0.15) is 0 Å². The van der Waals surface area contributed by atoms with E-state index < -0.39 is 5.97 Å². The summed E-state index contributed by atoms with van der Waals surface area (Å²) in [6, 6.07) is 3.96. The molecule has 0 saturated carbocycles. The van der Waals surface area contributed by atoms with Gasteiger partial charge in [0.1, 0.15) is 6.04 Å². The summed E-state index contributed by atoms with van der Waals surface area (Å²) in [5.41, 5.74) is 0.615. The average molecular weight is 367 g/mol. The second kappa shape index (κ2) is 7.28. The number of nitrogens with zero attached hydrogens (tertiary/aromatic N) is 2. The van der Waals surface area contributed by atoms with E-state index in [1.165, 1.54) is 19.2 Å². The van der Waals surface area contributed by atoms with Crippen molar-refractivity contribution in [2.75, 3.05) is 45.2 Å². The lowest BCUT2D eigenvalue weighted by Crippen LogP contribution is -2.64. The highest BCUT2D eigenvalue weighted by Crippen LogP contribution is 2.22. The molecule has 2 fully saturated rings. The number of piperazine rings is 2. The van der Waals surface area contributed by atoms with E-state index in [9.17, 15) is 14.4 Å². The van der Waals surface area contributed by atoms with E-state index in [4.69, 9.17) is 11.6 Å². The second-order valence-electron chi connectivity index (χ2n) is 5.91. The summed E-state index contributed by atoms with van der Waals surface area (Å²) < 4.78 is 4.67. The Hall–Kier alpha value is -2.32. The molecule has 0 radical (unpaired) electrons. The first kappa shape index (κ1) is 17.5. The number of nitrogens with one attached hydrogen (secondary N) is 2. The maximum atomic E-state index is 12.5. The summed E-state index contributed by atoms with van der Waals surface area (Å²) in [5, 5.41) is 5.80. The first-order valence-corrected chi connectivity index (χ1v) is 8.33. The van der Waals surface area contributed by atoms with Crippen LogP contribution in [0.1, 0.15) is 10.4 Å². The quantitative estimate of drug-likeness (QED) is 0.755. The largest absolute Gasteiger partial charge is 0.465 e. The van der Waals surface area contributed by atoms with Gasteiger partial charge in [0.05, 0.1) is 17.7 Å². The number of rotatable bonds is 2. The molecule has 1 aromatic carbocycles. The van der Waals surface area contributed by atoms with Crippen molar-refractivity contribution in [3.05, 3.63) is 28.8 Å². The first-order valence-electron chi connectivity index (χ1n) is 7.95. The van der Waals surface area contributed by atoms with Crippen molar-refractivity contribution < 1.29 is 19.1 Å². The molecule has 0 aliphatic carbocycles. The number of amides is 3. The third-order valence-corrected chi connectivity index (χ3v) is 4.73. The molecule has 2 saturated heterocycles. The molecule has 0 bridgehead atoms. The molecule has 1 atom stereocenters. The third-order valence-electron chi connectivity index (χ3n) is 4.40. The number of benzene rings is 1. The van der Waals surface area contributed by atoms with Crippen LogP contribution >= 0.6 is 11.6 Å². The number of ether oxygens (including phenoxy) is 1. The molecule has 2 N–H and O–H groups in total. The lowest BCUT2D eigenvalue weighted by Gasteiger charge is -2.42. The van der Waals surface area contributed by atoms with Gasteiger partial charge in [0, 0.05) is 38.4 Å². The zero-order valence-electron chi connectivity index (χ0n) is 13.8. The van der Waals surface area contributed by atoms with Crippen LogP contribution in [-0.4, -0.2) is 73.6 Å². The van der Waals surface area contributed by atoms with Crippen molar-refractivity contribution in [3.63, 3.8) is 0 Å². The fourth-order valence-electron chi connectivity index (χ4n) is 3.03. The highest BCUT2D eigenvalue weighted by Gasteiger charge is 2.36. The number of methoxy groups -OCH3 is 1. The summed E-state index contributed by atoms with van der Waals surface area (Å²) in [4.78, 5) is 39.8. The Labute approximate surface area is 150 Å². The molecule has 9 heteroatoms. The SMILES string of the molecule is COC(=O)c1cc(NC(=O)N2CCN3CCNC(=O)[C@@H]3C2)ccc1Cl. The standard InChI is InChI=1S/C16H19ClN4O4/c1-25-15(23)11-8-10(2-3-12(11)17)19-16(24)21-7-6-20-5-4-18-14(22)13(20)9-21/h2-3,8,13H,4-7,9H2,1H3,(H,18,22)(H,19,24)/t13-/m0/s1. The molecular weight excluding hydrogens is 348 g/mol. The Kier molecular flexibility index (Phi) is 5.10. The highest BCUT2D eigenvalue weighted by molar-refractivity contribution is 6.33. The van der Waals surface area contributed by atoms with Crippen molar-refractivity contribution in [2.24, 2.45) is 0 Å². The predicted octanol–water partition coefficient (Wildman–Crippen LogP) is 0.775. The molecule has 3 amide bonds. The minimum atomic E-state index is -0.575. The third kappa shape index (κ3) is 3.69. The van der Waals surface area contributed by atoms with Gasteiger partial charge in [0.15, 0.2) is 0 Å². The zero-order chi connectivity index (χ0) is 18.0. The van der Waals surface area contributed by atoms with Crippen LogP contribution in [0.5, 0.6) is 0 Å². The monoisotopic (exact) mass is 366 g/mol. The normalized spacial score (nSPS) is 20.5. The molecule has 0 unspecified atom stereocenters. The van der Waals surface area contributed by atoms with Gasteiger partial charge >= 0.3 is 12.0 Å². The number of carbonyl (C=O) groups excluding carboxylic acids is 3. The zero-order valence-corrected chi connectivity index (χ0v) is 14.5. The minimum absolute atomic E-state index is 0.0526. The van der Waals surface area contributed by atoms with E-state index in [1.807, 2.05) is 0 Å². The number of halogens is 1. The fourth-order valence-corrected chi connectivity index (χ4v) is 3.23. The van der Waals surface area contributed by atoms with E-state index in [2.05, 4.69) is 20.3 Å². The Balaban J connectivity index is 1.68. The Morgan fingerprint density at radius 1 is 1.32 bits per heavy atom. The van der Waals surface area contributed by atoms with Gasteiger partial charge in [-0.25, -0.2) is 9.59 Å². The Morgan fingerprint density at radius 2 is 2.12 bits per heavy atom. The van der Waals surface area contributed by atoms with E-state index in [1.54, 1.807) is 11.0 Å². The molecule has 0 spiro atoms. The molecule has 3 rings (SSSR count). The van der Waals surface area contributed by atoms with Crippen molar-refractivity contribution >= 4 is 35.2 Å². The smallest absolute Gasteiger partial charge is 0.339 e. The number of urea groups is 1. The van der Waals surface area contributed by atoms with E-state index >= 15 is 0 Å². The first-order chi connectivity index (χ1) is 12.0. The van der Waals surface area contributed by atoms with Crippen LogP contribution in [0.3, 0.4) is 0 Å². The number of anilines is 1. The van der Waals surface area contributed by atoms with Crippen molar-refractivity contribution in [3.8, 4) is 0 Å². The lowest BCUT2D eigenvalue weighted by molar-refractivity contribution is -0.131. The van der Waals surface area contributed by atoms with Crippen LogP contribution in [0.25, 0.3) is 0 Å². The van der Waals surface area contributed by atoms with E-state index in [-0.39, 0.29) is 28.6 Å². The Bertz CT molecular complexity index is 711. The highest BCUT2D eigenvalue weighted by atomic mass is 35.5. The van der Waals surface area contributed by atoms with Crippen molar-refractivity contribution in [1.82, 2.24) is 15.1 Å². The second-order valence-corrected chi connectivity index (χ2v) is 6.31. The summed E-state index contributed by atoms with van der Waals surface area (Å²) in [5.74, 6) is -0.628. The number of esters is 1. The summed E-state index contributed by atoms with van der Waals surface area (Å²) in [6.45, 7) is 2.95. The van der Waals surface area contributed by atoms with Crippen LogP contribution in [-0.2, 0) is 9.53 Å². The molecular formula is C16H19ClN4O4. The Morgan fingerprint density at radius 3 is 2.88 bits per heavy atom. The number of fused-ring (bicyclic) bond motifs is 1. The molecule has 2 aliphatic heterocycles. The van der Waals surface area contributed by atoms with Gasteiger partial charge in [-0.1, -0.05) is 11.6 Å². The van der Waals surface area contributed by atoms with Crippen LogP contribution in [0.4, 0.5) is 10.5 Å². The van der Waals surface area contributed by atoms with Crippen LogP contribution in [0.2, 0.25) is 5.02 Å². The summed E-state index contributed by atoms with van der Waals surface area (Å²) in [7, 11) is 1.26. The van der Waals surface area contributed by atoms with Gasteiger partial charge in [-0.15, -0.1) is 0 Å². The van der Waals surface area contributed by atoms with Crippen LogP contribution < -0.4 is 10.6 Å². The maximum absolute atomic E-state index is 12.5. The number of hydrogen-bond donors (Lipinski definition) is 2. The molecule has 8 nitrogen and oxygen atoms in total. The van der Waals surface area contributed by atoms with Gasteiger partial charge in [-0.3, -0.25) is 9.69 Å². The maximum Gasteiger partial charge on any atom is 0.339 e. The minimum Gasteiger partial charge on any atom is -0.465 e. The van der Waals surface area contributed by atoms with Crippen LogP contribution in [0, 0.1) is 0 Å². The molecule has 0 aromatic heterocycles.